The van der Waals surface area contributed by atoms with Crippen LogP contribution in [0.15, 0.2) is 0 Å². The third-order valence-electron chi connectivity index (χ3n) is 2.29. The van der Waals surface area contributed by atoms with E-state index in [1.54, 1.807) is 13.8 Å². The van der Waals surface area contributed by atoms with E-state index < -0.39 is 0 Å². The Hall–Kier alpha value is -0.810. The van der Waals surface area contributed by atoms with Crippen LogP contribution in [0.2, 0.25) is 0 Å². The molecule has 0 radical (unpaired) electrons. The molecular weight excluding hydrogens is 234 g/mol. The van der Waals surface area contributed by atoms with Gasteiger partial charge in [-0.3, -0.25) is 14.9 Å². The second-order valence-corrected chi connectivity index (χ2v) is 3.35. The molecule has 1 aliphatic rings. The molecule has 1 fully saturated rings. The van der Waals surface area contributed by atoms with E-state index in [0.717, 1.165) is 0 Å². The molecule has 0 aromatic carbocycles. The Labute approximate surface area is 101 Å². The summed E-state index contributed by atoms with van der Waals surface area (Å²) in [5.74, 6) is -0.575. The van der Waals surface area contributed by atoms with E-state index in [2.05, 4.69) is 5.32 Å². The van der Waals surface area contributed by atoms with Gasteiger partial charge in [0.15, 0.2) is 0 Å². The van der Waals surface area contributed by atoms with E-state index >= 15 is 0 Å². The van der Waals surface area contributed by atoms with E-state index in [9.17, 15) is 9.59 Å². The second kappa shape index (κ2) is 7.46. The maximum Gasteiger partial charge on any atom is 0.323 e. The van der Waals surface area contributed by atoms with Gasteiger partial charge in [-0.25, -0.2) is 0 Å². The van der Waals surface area contributed by atoms with Crippen LogP contribution in [-0.2, 0) is 19.1 Å². The summed E-state index contributed by atoms with van der Waals surface area (Å²) >= 11 is 0. The topological polar surface area (TPSA) is 64.6 Å². The molecule has 0 unspecified atom stereocenters. The molecule has 0 aliphatic carbocycles. The molecule has 0 spiro atoms. The summed E-state index contributed by atoms with van der Waals surface area (Å²) in [6.07, 6.45) is 1.25. The van der Waals surface area contributed by atoms with Gasteiger partial charge >= 0.3 is 11.9 Å². The zero-order chi connectivity index (χ0) is 11.3. The van der Waals surface area contributed by atoms with E-state index in [4.69, 9.17) is 9.47 Å². The molecule has 16 heavy (non-hydrogen) atoms. The highest BCUT2D eigenvalue weighted by Crippen LogP contribution is 2.14. The minimum absolute atomic E-state index is 0. The summed E-state index contributed by atoms with van der Waals surface area (Å²) in [7, 11) is 0. The summed E-state index contributed by atoms with van der Waals surface area (Å²) in [4.78, 5) is 22.7. The van der Waals surface area contributed by atoms with Crippen molar-refractivity contribution in [3.05, 3.63) is 0 Å². The van der Waals surface area contributed by atoms with Crippen molar-refractivity contribution in [1.29, 1.82) is 0 Å². The van der Waals surface area contributed by atoms with Gasteiger partial charge in [0.1, 0.15) is 12.1 Å². The highest BCUT2D eigenvalue weighted by Gasteiger charge is 2.34. The Morgan fingerprint density at radius 1 is 1.06 bits per heavy atom. The highest BCUT2D eigenvalue weighted by molar-refractivity contribution is 5.85. The molecule has 2 atom stereocenters. The number of nitrogens with one attached hydrogen (secondary N) is 1. The molecule has 1 rings (SSSR count). The normalized spacial score (nSPS) is 23.4. The number of esters is 2. The fraction of sp³-hybridized carbons (Fsp3) is 0.800. The monoisotopic (exact) mass is 251 g/mol. The third kappa shape index (κ3) is 3.98. The first-order valence-electron chi connectivity index (χ1n) is 5.28. The lowest BCUT2D eigenvalue weighted by molar-refractivity contribution is -0.146. The molecule has 6 heteroatoms. The Bertz CT molecular complexity index is 223. The number of rotatable bonds is 4. The largest absolute Gasteiger partial charge is 0.465 e. The van der Waals surface area contributed by atoms with Crippen molar-refractivity contribution in [3.63, 3.8) is 0 Å². The van der Waals surface area contributed by atoms with Crippen molar-refractivity contribution in [2.24, 2.45) is 0 Å². The average Bonchev–Trinajstić information content (AvgIpc) is 2.67. The fourth-order valence-corrected chi connectivity index (χ4v) is 1.60. The van der Waals surface area contributed by atoms with Crippen LogP contribution in [-0.4, -0.2) is 37.2 Å². The zero-order valence-corrected chi connectivity index (χ0v) is 10.3. The summed E-state index contributed by atoms with van der Waals surface area (Å²) in [6, 6.07) is -0.723. The third-order valence-corrected chi connectivity index (χ3v) is 2.29. The average molecular weight is 252 g/mol. The van der Waals surface area contributed by atoms with Crippen LogP contribution in [0.25, 0.3) is 0 Å². The highest BCUT2D eigenvalue weighted by atomic mass is 35.5. The molecule has 0 amide bonds. The van der Waals surface area contributed by atoms with Gasteiger partial charge in [-0.05, 0) is 26.7 Å². The molecule has 1 heterocycles. The quantitative estimate of drug-likeness (QED) is 0.744. The van der Waals surface area contributed by atoms with Crippen LogP contribution in [0.1, 0.15) is 26.7 Å². The number of ether oxygens (including phenoxy) is 2. The van der Waals surface area contributed by atoms with Gasteiger partial charge in [0, 0.05) is 0 Å². The summed E-state index contributed by atoms with van der Waals surface area (Å²) in [6.45, 7) is 4.24. The zero-order valence-electron chi connectivity index (χ0n) is 9.52. The summed E-state index contributed by atoms with van der Waals surface area (Å²) < 4.78 is 9.72. The smallest absolute Gasteiger partial charge is 0.323 e. The van der Waals surface area contributed by atoms with Gasteiger partial charge in [-0.15, -0.1) is 12.4 Å². The first kappa shape index (κ1) is 15.2. The van der Waals surface area contributed by atoms with Crippen LogP contribution < -0.4 is 5.32 Å². The van der Waals surface area contributed by atoms with Gasteiger partial charge in [0.05, 0.1) is 13.2 Å². The van der Waals surface area contributed by atoms with Crippen LogP contribution in [0.4, 0.5) is 0 Å². The molecule has 0 bridgehead atoms. The summed E-state index contributed by atoms with van der Waals surface area (Å²) in [5.41, 5.74) is 0. The number of halogens is 1. The number of hydrogen-bond acceptors (Lipinski definition) is 5. The van der Waals surface area contributed by atoms with Gasteiger partial charge in [0.25, 0.3) is 0 Å². The lowest BCUT2D eigenvalue weighted by Gasteiger charge is -2.12. The molecular formula is C10H18ClNO4. The molecule has 0 aromatic heterocycles. The van der Waals surface area contributed by atoms with Crippen LogP contribution in [0.5, 0.6) is 0 Å². The number of carbonyl (C=O) groups is 2. The molecule has 94 valence electrons. The Morgan fingerprint density at radius 2 is 1.44 bits per heavy atom. The predicted molar refractivity (Wildman–Crippen MR) is 60.5 cm³/mol. The van der Waals surface area contributed by atoms with Gasteiger partial charge < -0.3 is 9.47 Å². The predicted octanol–water partition coefficient (Wildman–Crippen LogP) is 0.655. The number of hydrogen-bond donors (Lipinski definition) is 1. The standard InChI is InChI=1S/C10H17NO4.ClH/c1-3-14-9(12)7-5-6-8(11-7)10(13)15-4-2;/h7-8,11H,3-6H2,1-2H3;1H/t7-,8-;/m0./s1. The van der Waals surface area contributed by atoms with Crippen molar-refractivity contribution >= 4 is 24.3 Å². The SMILES string of the molecule is CCOC(=O)[C@@H]1CC[C@@H](C(=O)OCC)N1.Cl. The molecule has 1 aliphatic heterocycles. The van der Waals surface area contributed by atoms with Gasteiger partial charge in [-0.2, -0.15) is 0 Å². The van der Waals surface area contributed by atoms with Crippen molar-refractivity contribution < 1.29 is 19.1 Å². The summed E-state index contributed by atoms with van der Waals surface area (Å²) in [5, 5.41) is 2.91. The van der Waals surface area contributed by atoms with Crippen LogP contribution in [0.3, 0.4) is 0 Å². The minimum Gasteiger partial charge on any atom is -0.465 e. The van der Waals surface area contributed by atoms with Crippen LogP contribution in [0, 0.1) is 0 Å². The van der Waals surface area contributed by atoms with Crippen molar-refractivity contribution in [3.8, 4) is 0 Å². The molecule has 0 aromatic rings. The van der Waals surface area contributed by atoms with E-state index in [-0.39, 0.29) is 36.4 Å². The first-order chi connectivity index (χ1) is 7.19. The van der Waals surface area contributed by atoms with Gasteiger partial charge in [0.2, 0.25) is 0 Å². The minimum atomic E-state index is -0.362. The van der Waals surface area contributed by atoms with E-state index in [1.165, 1.54) is 0 Å². The Balaban J connectivity index is 0.00000225. The molecule has 1 saturated heterocycles. The van der Waals surface area contributed by atoms with Gasteiger partial charge in [-0.1, -0.05) is 0 Å². The molecule has 5 nitrogen and oxygen atoms in total. The maximum atomic E-state index is 11.3. The van der Waals surface area contributed by atoms with Crippen LogP contribution >= 0.6 is 12.4 Å². The second-order valence-electron chi connectivity index (χ2n) is 3.35. The fourth-order valence-electron chi connectivity index (χ4n) is 1.60. The lowest BCUT2D eigenvalue weighted by atomic mass is 10.2. The molecule has 1 N–H and O–H groups in total. The lowest BCUT2D eigenvalue weighted by Crippen LogP contribution is -2.41. The Morgan fingerprint density at radius 3 is 1.75 bits per heavy atom. The molecule has 0 saturated carbocycles. The van der Waals surface area contributed by atoms with Crippen molar-refractivity contribution in [2.45, 2.75) is 38.8 Å². The van der Waals surface area contributed by atoms with Crippen molar-refractivity contribution in [1.82, 2.24) is 5.32 Å². The van der Waals surface area contributed by atoms with E-state index in [1.807, 2.05) is 0 Å². The Kier molecular flexibility index (Phi) is 7.08. The van der Waals surface area contributed by atoms with E-state index in [0.29, 0.717) is 26.1 Å². The maximum absolute atomic E-state index is 11.3. The number of carbonyl (C=O) groups excluding carboxylic acids is 2. The first-order valence-corrected chi connectivity index (χ1v) is 5.28. The van der Waals surface area contributed by atoms with Crippen molar-refractivity contribution in [2.75, 3.05) is 13.2 Å².